The maximum absolute atomic E-state index is 13.2. The van der Waals surface area contributed by atoms with Crippen molar-refractivity contribution in [3.63, 3.8) is 0 Å². The third-order valence-electron chi connectivity index (χ3n) is 5.74. The van der Waals surface area contributed by atoms with Gasteiger partial charge in [-0.25, -0.2) is 4.79 Å². The number of hydrogen-bond acceptors (Lipinski definition) is 9. The van der Waals surface area contributed by atoms with Crippen molar-refractivity contribution in [2.45, 2.75) is 49.9 Å². The van der Waals surface area contributed by atoms with Crippen LogP contribution in [0.25, 0.3) is 0 Å². The van der Waals surface area contributed by atoms with Crippen molar-refractivity contribution in [3.05, 3.63) is 59.7 Å². The molecule has 0 aliphatic carbocycles. The first kappa shape index (κ1) is 32.0. The van der Waals surface area contributed by atoms with E-state index in [1.807, 2.05) is 0 Å². The maximum Gasteiger partial charge on any atom is 0.326 e. The molecule has 220 valence electrons. The summed E-state index contributed by atoms with van der Waals surface area (Å²) in [5, 5.41) is 53.4. The number of amides is 3. The fourth-order valence-corrected chi connectivity index (χ4v) is 3.63. The number of phenolic OH excluding ortho intramolecular Hbond substituents is 2. The van der Waals surface area contributed by atoms with Gasteiger partial charge in [0.05, 0.1) is 18.9 Å². The van der Waals surface area contributed by atoms with E-state index in [-0.39, 0.29) is 24.3 Å². The number of phenols is 2. The average Bonchev–Trinajstić information content (AvgIpc) is 2.89. The topological polar surface area (TPSA) is 266 Å². The Kier molecular flexibility index (Phi) is 11.6. The Balaban J connectivity index is 2.25. The Morgan fingerprint density at radius 2 is 0.976 bits per heavy atom. The zero-order valence-electron chi connectivity index (χ0n) is 21.5. The SMILES string of the molecule is NC(CC(=O)O)C(=O)NC(Cc1ccc(O)cc1)C(=O)NC(CC(=O)O)C(=O)NC(Cc1ccc(O)cc1)C(=O)O. The second kappa shape index (κ2) is 14.8. The van der Waals surface area contributed by atoms with Crippen LogP contribution in [0.2, 0.25) is 0 Å². The van der Waals surface area contributed by atoms with Crippen LogP contribution < -0.4 is 21.7 Å². The number of rotatable bonds is 15. The van der Waals surface area contributed by atoms with Crippen molar-refractivity contribution < 1.29 is 54.3 Å². The molecule has 0 saturated carbocycles. The molecule has 0 spiro atoms. The second-order valence-corrected chi connectivity index (χ2v) is 9.07. The Morgan fingerprint density at radius 3 is 1.41 bits per heavy atom. The number of nitrogens with two attached hydrogens (primary N) is 1. The molecule has 0 saturated heterocycles. The van der Waals surface area contributed by atoms with E-state index in [1.165, 1.54) is 48.5 Å². The van der Waals surface area contributed by atoms with Crippen LogP contribution in [0.3, 0.4) is 0 Å². The van der Waals surface area contributed by atoms with E-state index in [1.54, 1.807) is 0 Å². The minimum atomic E-state index is -1.77. The molecule has 2 aromatic carbocycles. The summed E-state index contributed by atoms with van der Waals surface area (Å²) >= 11 is 0. The maximum atomic E-state index is 13.2. The number of aromatic hydroxyl groups is 2. The Labute approximate surface area is 233 Å². The quantitative estimate of drug-likeness (QED) is 0.120. The third-order valence-corrected chi connectivity index (χ3v) is 5.74. The molecule has 0 radical (unpaired) electrons. The van der Waals surface area contributed by atoms with E-state index in [9.17, 15) is 49.2 Å². The summed E-state index contributed by atoms with van der Waals surface area (Å²) in [6.45, 7) is 0. The second-order valence-electron chi connectivity index (χ2n) is 9.07. The largest absolute Gasteiger partial charge is 0.508 e. The number of carbonyl (C=O) groups excluding carboxylic acids is 3. The van der Waals surface area contributed by atoms with Crippen LogP contribution in [0.5, 0.6) is 11.5 Å². The van der Waals surface area contributed by atoms with Gasteiger partial charge in [0.25, 0.3) is 0 Å². The molecule has 0 aromatic heterocycles. The van der Waals surface area contributed by atoms with E-state index >= 15 is 0 Å². The van der Waals surface area contributed by atoms with Gasteiger partial charge >= 0.3 is 17.9 Å². The summed E-state index contributed by atoms with van der Waals surface area (Å²) in [5.41, 5.74) is 6.44. The van der Waals surface area contributed by atoms with E-state index < -0.39 is 72.6 Å². The standard InChI is InChI=1S/C26H30N4O11/c27-17(11-21(33)34)23(37)28-18(9-13-1-5-15(31)6-2-13)24(38)29-19(12-22(35)36)25(39)30-20(26(40)41)10-14-3-7-16(32)8-4-14/h1-8,17-20,31-32H,9-12,27H2,(H,28,37)(H,29,38)(H,30,39)(H,33,34)(H,35,36)(H,40,41). The number of carboxylic acids is 3. The van der Waals surface area contributed by atoms with Crippen LogP contribution in [0.1, 0.15) is 24.0 Å². The lowest BCUT2D eigenvalue weighted by Crippen LogP contribution is -2.58. The van der Waals surface area contributed by atoms with E-state index in [4.69, 9.17) is 10.8 Å². The number of benzene rings is 2. The van der Waals surface area contributed by atoms with Crippen LogP contribution >= 0.6 is 0 Å². The molecular weight excluding hydrogens is 544 g/mol. The number of nitrogens with one attached hydrogen (secondary N) is 3. The lowest BCUT2D eigenvalue weighted by molar-refractivity contribution is -0.143. The summed E-state index contributed by atoms with van der Waals surface area (Å²) in [5.74, 6) is -7.65. The van der Waals surface area contributed by atoms with Gasteiger partial charge < -0.3 is 47.2 Å². The minimum absolute atomic E-state index is 0.0632. The predicted molar refractivity (Wildman–Crippen MR) is 140 cm³/mol. The van der Waals surface area contributed by atoms with Gasteiger partial charge in [0, 0.05) is 12.8 Å². The Morgan fingerprint density at radius 1 is 0.585 bits per heavy atom. The highest BCUT2D eigenvalue weighted by atomic mass is 16.4. The molecule has 0 bridgehead atoms. The molecule has 41 heavy (non-hydrogen) atoms. The highest BCUT2D eigenvalue weighted by Gasteiger charge is 2.32. The first-order valence-electron chi connectivity index (χ1n) is 12.1. The number of hydrogen-bond donors (Lipinski definition) is 9. The van der Waals surface area contributed by atoms with Gasteiger partial charge in [0.15, 0.2) is 0 Å². The molecule has 10 N–H and O–H groups in total. The Bertz CT molecular complexity index is 1270. The number of carboxylic acid groups (broad SMARTS) is 3. The predicted octanol–water partition coefficient (Wildman–Crippen LogP) is -1.30. The zero-order chi connectivity index (χ0) is 30.7. The first-order valence-corrected chi connectivity index (χ1v) is 12.1. The van der Waals surface area contributed by atoms with Gasteiger partial charge in [-0.3, -0.25) is 24.0 Å². The van der Waals surface area contributed by atoms with Crippen molar-refractivity contribution in [1.29, 1.82) is 0 Å². The normalized spacial score (nSPS) is 13.6. The fourth-order valence-electron chi connectivity index (χ4n) is 3.63. The van der Waals surface area contributed by atoms with Gasteiger partial charge in [-0.15, -0.1) is 0 Å². The van der Waals surface area contributed by atoms with Crippen molar-refractivity contribution in [3.8, 4) is 11.5 Å². The smallest absolute Gasteiger partial charge is 0.326 e. The Hall–Kier alpha value is -5.18. The van der Waals surface area contributed by atoms with Crippen LogP contribution in [-0.4, -0.2) is 85.3 Å². The first-order chi connectivity index (χ1) is 19.2. The molecule has 4 atom stereocenters. The molecule has 2 rings (SSSR count). The highest BCUT2D eigenvalue weighted by Crippen LogP contribution is 2.13. The molecule has 0 aliphatic heterocycles. The van der Waals surface area contributed by atoms with Gasteiger partial charge in [-0.05, 0) is 35.4 Å². The van der Waals surface area contributed by atoms with Gasteiger partial charge in [-0.2, -0.15) is 0 Å². The lowest BCUT2D eigenvalue weighted by Gasteiger charge is -2.24. The molecule has 0 heterocycles. The van der Waals surface area contributed by atoms with Crippen molar-refractivity contribution >= 4 is 35.6 Å². The molecular formula is C26H30N4O11. The lowest BCUT2D eigenvalue weighted by atomic mass is 10.0. The average molecular weight is 575 g/mol. The molecule has 0 fully saturated rings. The van der Waals surface area contributed by atoms with Crippen molar-refractivity contribution in [1.82, 2.24) is 16.0 Å². The van der Waals surface area contributed by atoms with E-state index in [0.29, 0.717) is 11.1 Å². The summed E-state index contributed by atoms with van der Waals surface area (Å²) < 4.78 is 0. The summed E-state index contributed by atoms with van der Waals surface area (Å²) in [4.78, 5) is 72.8. The molecule has 4 unspecified atom stereocenters. The van der Waals surface area contributed by atoms with Crippen LogP contribution in [-0.2, 0) is 41.6 Å². The number of carbonyl (C=O) groups is 6. The summed E-state index contributed by atoms with van der Waals surface area (Å²) in [6, 6.07) is 4.67. The van der Waals surface area contributed by atoms with Crippen molar-refractivity contribution in [2.75, 3.05) is 0 Å². The molecule has 2 aromatic rings. The third kappa shape index (κ3) is 10.8. The van der Waals surface area contributed by atoms with E-state index in [0.717, 1.165) is 0 Å². The van der Waals surface area contributed by atoms with Crippen LogP contribution in [0, 0.1) is 0 Å². The van der Waals surface area contributed by atoms with Crippen LogP contribution in [0.4, 0.5) is 0 Å². The molecule has 15 heteroatoms. The molecule has 0 aliphatic rings. The molecule has 3 amide bonds. The molecule has 15 nitrogen and oxygen atoms in total. The summed E-state index contributed by atoms with van der Waals surface area (Å²) in [6.07, 6.45) is -2.14. The fraction of sp³-hybridized carbons (Fsp3) is 0.308. The van der Waals surface area contributed by atoms with Gasteiger partial charge in [-0.1, -0.05) is 24.3 Å². The van der Waals surface area contributed by atoms with Gasteiger partial charge in [0.1, 0.15) is 29.6 Å². The van der Waals surface area contributed by atoms with E-state index in [2.05, 4.69) is 16.0 Å². The van der Waals surface area contributed by atoms with Crippen molar-refractivity contribution in [2.24, 2.45) is 5.73 Å². The highest BCUT2D eigenvalue weighted by molar-refractivity contribution is 5.96. The number of aliphatic carboxylic acids is 3. The minimum Gasteiger partial charge on any atom is -0.508 e. The van der Waals surface area contributed by atoms with Crippen LogP contribution in [0.15, 0.2) is 48.5 Å². The zero-order valence-corrected chi connectivity index (χ0v) is 21.5. The summed E-state index contributed by atoms with van der Waals surface area (Å²) in [7, 11) is 0. The van der Waals surface area contributed by atoms with Gasteiger partial charge in [0.2, 0.25) is 17.7 Å². The monoisotopic (exact) mass is 574 g/mol.